The van der Waals surface area contributed by atoms with Crippen LogP contribution in [0.5, 0.6) is 0 Å². The van der Waals surface area contributed by atoms with Crippen LogP contribution in [0.1, 0.15) is 28.5 Å². The number of para-hydroxylation sites is 1. The molecular formula is C21H19ClFN3O. The number of rotatable bonds is 3. The highest BCUT2D eigenvalue weighted by molar-refractivity contribution is 6.31. The third-order valence-corrected chi connectivity index (χ3v) is 5.27. The van der Waals surface area contributed by atoms with Crippen LogP contribution in [0.3, 0.4) is 0 Å². The van der Waals surface area contributed by atoms with Gasteiger partial charge in [0.1, 0.15) is 5.82 Å². The number of nitrogens with one attached hydrogen (secondary N) is 1. The number of carbonyl (C=O) groups excluding carboxylic acids is 1. The summed E-state index contributed by atoms with van der Waals surface area (Å²) < 4.78 is 13.4. The van der Waals surface area contributed by atoms with E-state index in [1.807, 2.05) is 24.3 Å². The van der Waals surface area contributed by atoms with E-state index in [4.69, 9.17) is 16.6 Å². The Bertz CT molecular complexity index is 1040. The number of hydrogen-bond acceptors (Lipinski definition) is 3. The molecule has 1 N–H and O–H groups in total. The molecule has 0 saturated heterocycles. The largest absolute Gasteiger partial charge is 0.322 e. The Kier molecular flexibility index (Phi) is 4.81. The van der Waals surface area contributed by atoms with E-state index in [-0.39, 0.29) is 10.9 Å². The highest BCUT2D eigenvalue weighted by atomic mass is 35.5. The van der Waals surface area contributed by atoms with Gasteiger partial charge in [0.05, 0.1) is 16.1 Å². The van der Waals surface area contributed by atoms with E-state index in [1.165, 1.54) is 18.2 Å². The lowest BCUT2D eigenvalue weighted by Gasteiger charge is -2.29. The fourth-order valence-corrected chi connectivity index (χ4v) is 3.72. The first-order valence-electron chi connectivity index (χ1n) is 8.96. The van der Waals surface area contributed by atoms with Crippen molar-refractivity contribution in [1.29, 1.82) is 0 Å². The molecule has 0 fully saturated rings. The number of nitrogens with zero attached hydrogens (tertiary/aromatic N) is 2. The summed E-state index contributed by atoms with van der Waals surface area (Å²) in [7, 11) is 0. The van der Waals surface area contributed by atoms with E-state index in [0.29, 0.717) is 17.8 Å². The zero-order chi connectivity index (χ0) is 19.0. The number of likely N-dealkylation sites (N-methyl/N-ethyl adjacent to an activating group) is 1. The van der Waals surface area contributed by atoms with Crippen LogP contribution in [-0.4, -0.2) is 28.9 Å². The first-order chi connectivity index (χ1) is 13.1. The number of carbonyl (C=O) groups is 1. The van der Waals surface area contributed by atoms with Crippen LogP contribution in [0, 0.1) is 5.82 Å². The van der Waals surface area contributed by atoms with Gasteiger partial charge in [0.2, 0.25) is 0 Å². The predicted molar refractivity (Wildman–Crippen MR) is 106 cm³/mol. The Balaban J connectivity index is 1.81. The fourth-order valence-electron chi connectivity index (χ4n) is 3.54. The quantitative estimate of drug-likeness (QED) is 0.715. The molecule has 2 aromatic carbocycles. The molecule has 0 atom stereocenters. The average Bonchev–Trinajstić information content (AvgIpc) is 2.68. The summed E-state index contributed by atoms with van der Waals surface area (Å²) in [5.74, 6) is -0.745. The first kappa shape index (κ1) is 17.9. The molecule has 3 aromatic rings. The molecule has 1 aromatic heterocycles. The Morgan fingerprint density at radius 3 is 2.89 bits per heavy atom. The molecule has 0 bridgehead atoms. The maximum Gasteiger partial charge on any atom is 0.256 e. The summed E-state index contributed by atoms with van der Waals surface area (Å²) in [5, 5.41) is 3.66. The van der Waals surface area contributed by atoms with E-state index < -0.39 is 5.82 Å². The predicted octanol–water partition coefficient (Wildman–Crippen LogP) is 4.66. The van der Waals surface area contributed by atoms with Crippen LogP contribution in [0.4, 0.5) is 10.1 Å². The Morgan fingerprint density at radius 2 is 2.11 bits per heavy atom. The van der Waals surface area contributed by atoms with Crippen LogP contribution in [-0.2, 0) is 13.0 Å². The maximum absolute atomic E-state index is 13.4. The van der Waals surface area contributed by atoms with Crippen LogP contribution in [0.25, 0.3) is 10.9 Å². The summed E-state index contributed by atoms with van der Waals surface area (Å²) in [6.45, 7) is 4.65. The number of halogens is 2. The summed E-state index contributed by atoms with van der Waals surface area (Å²) in [5.41, 5.74) is 3.84. The monoisotopic (exact) mass is 383 g/mol. The molecule has 4 nitrogen and oxygen atoms in total. The van der Waals surface area contributed by atoms with Crippen molar-refractivity contribution >= 4 is 34.1 Å². The lowest BCUT2D eigenvalue weighted by atomic mass is 9.95. The molecule has 1 aliphatic heterocycles. The zero-order valence-corrected chi connectivity index (χ0v) is 15.7. The van der Waals surface area contributed by atoms with Gasteiger partial charge in [0, 0.05) is 41.8 Å². The van der Waals surface area contributed by atoms with Crippen molar-refractivity contribution in [2.75, 3.05) is 18.4 Å². The van der Waals surface area contributed by atoms with Crippen molar-refractivity contribution in [3.63, 3.8) is 0 Å². The number of amides is 1. The third kappa shape index (κ3) is 3.40. The minimum atomic E-state index is -0.514. The zero-order valence-electron chi connectivity index (χ0n) is 14.9. The summed E-state index contributed by atoms with van der Waals surface area (Å²) in [6.07, 6.45) is 0.816. The molecule has 4 rings (SSSR count). The van der Waals surface area contributed by atoms with Gasteiger partial charge in [-0.25, -0.2) is 4.39 Å². The average molecular weight is 384 g/mol. The van der Waals surface area contributed by atoms with E-state index in [1.54, 1.807) is 0 Å². The molecule has 2 heterocycles. The fraction of sp³-hybridized carbons (Fsp3) is 0.238. The molecule has 0 unspecified atom stereocenters. The molecule has 1 amide bonds. The number of pyridine rings is 1. The molecule has 0 radical (unpaired) electrons. The first-order valence-corrected chi connectivity index (χ1v) is 9.34. The minimum absolute atomic E-state index is 0.0217. The Morgan fingerprint density at radius 1 is 1.30 bits per heavy atom. The lowest BCUT2D eigenvalue weighted by Crippen LogP contribution is -2.33. The topological polar surface area (TPSA) is 45.2 Å². The second-order valence-corrected chi connectivity index (χ2v) is 7.04. The van der Waals surface area contributed by atoms with Crippen LogP contribution in [0.15, 0.2) is 42.5 Å². The van der Waals surface area contributed by atoms with Gasteiger partial charge in [0.15, 0.2) is 0 Å². The molecule has 0 spiro atoms. The third-order valence-electron chi connectivity index (χ3n) is 4.98. The Hall–Kier alpha value is -2.50. The second kappa shape index (κ2) is 7.25. The van der Waals surface area contributed by atoms with Gasteiger partial charge in [-0.1, -0.05) is 36.7 Å². The molecule has 138 valence electrons. The number of anilines is 1. The van der Waals surface area contributed by atoms with Crippen LogP contribution < -0.4 is 5.32 Å². The number of hydrogen-bond donors (Lipinski definition) is 1. The molecule has 0 saturated carbocycles. The van der Waals surface area contributed by atoms with Gasteiger partial charge >= 0.3 is 0 Å². The molecule has 6 heteroatoms. The smallest absolute Gasteiger partial charge is 0.256 e. The Labute approximate surface area is 162 Å². The SMILES string of the molecule is CCN1CCc2nc3ccccc3c(C(=O)Nc3ccc(F)c(Cl)c3)c2C1. The summed E-state index contributed by atoms with van der Waals surface area (Å²) in [4.78, 5) is 20.3. The van der Waals surface area contributed by atoms with Crippen molar-refractivity contribution < 1.29 is 9.18 Å². The van der Waals surface area contributed by atoms with Gasteiger partial charge in [0.25, 0.3) is 5.91 Å². The van der Waals surface area contributed by atoms with Crippen LogP contribution >= 0.6 is 11.6 Å². The molecule has 0 aliphatic carbocycles. The normalized spacial score (nSPS) is 14.2. The number of aromatic nitrogens is 1. The van der Waals surface area contributed by atoms with Gasteiger partial charge in [-0.15, -0.1) is 0 Å². The van der Waals surface area contributed by atoms with E-state index >= 15 is 0 Å². The highest BCUT2D eigenvalue weighted by Crippen LogP contribution is 2.29. The van der Waals surface area contributed by atoms with Gasteiger partial charge in [-0.05, 0) is 30.8 Å². The van der Waals surface area contributed by atoms with E-state index in [2.05, 4.69) is 17.1 Å². The molecule has 27 heavy (non-hydrogen) atoms. The van der Waals surface area contributed by atoms with E-state index in [0.717, 1.165) is 41.7 Å². The van der Waals surface area contributed by atoms with Gasteiger partial charge < -0.3 is 5.32 Å². The van der Waals surface area contributed by atoms with Crippen molar-refractivity contribution in [3.05, 3.63) is 70.1 Å². The highest BCUT2D eigenvalue weighted by Gasteiger charge is 2.25. The maximum atomic E-state index is 13.4. The number of fused-ring (bicyclic) bond motifs is 2. The molecular weight excluding hydrogens is 365 g/mol. The van der Waals surface area contributed by atoms with Crippen LogP contribution in [0.2, 0.25) is 5.02 Å². The standard InChI is InChI=1S/C21H19ClFN3O/c1-2-26-10-9-19-15(12-26)20(14-5-3-4-6-18(14)25-19)21(27)24-13-7-8-17(23)16(22)11-13/h3-8,11H,2,9-10,12H2,1H3,(H,24,27). The van der Waals surface area contributed by atoms with Gasteiger partial charge in [-0.3, -0.25) is 14.7 Å². The second-order valence-electron chi connectivity index (χ2n) is 6.63. The minimum Gasteiger partial charge on any atom is -0.322 e. The number of benzene rings is 2. The van der Waals surface area contributed by atoms with Crippen molar-refractivity contribution in [1.82, 2.24) is 9.88 Å². The van der Waals surface area contributed by atoms with E-state index in [9.17, 15) is 9.18 Å². The summed E-state index contributed by atoms with van der Waals surface area (Å²) >= 11 is 5.85. The summed E-state index contributed by atoms with van der Waals surface area (Å²) in [6, 6.07) is 11.8. The van der Waals surface area contributed by atoms with Crippen molar-refractivity contribution in [2.24, 2.45) is 0 Å². The molecule has 1 aliphatic rings. The lowest BCUT2D eigenvalue weighted by molar-refractivity contribution is 0.102. The van der Waals surface area contributed by atoms with Gasteiger partial charge in [-0.2, -0.15) is 0 Å². The van der Waals surface area contributed by atoms with Crippen molar-refractivity contribution in [3.8, 4) is 0 Å². The van der Waals surface area contributed by atoms with Crippen molar-refractivity contribution in [2.45, 2.75) is 19.9 Å².